The number of hydrogen-bond donors (Lipinski definition) is 1. The number of ether oxygens (including phenoxy) is 2. The van der Waals surface area contributed by atoms with E-state index in [4.69, 9.17) is 9.84 Å². The van der Waals surface area contributed by atoms with Crippen LogP contribution >= 0.6 is 0 Å². The van der Waals surface area contributed by atoms with Crippen LogP contribution in [0.5, 0.6) is 0 Å². The van der Waals surface area contributed by atoms with Gasteiger partial charge in [-0.25, -0.2) is 19.6 Å². The van der Waals surface area contributed by atoms with E-state index in [1.807, 2.05) is 0 Å². The molecule has 0 bridgehead atoms. The van der Waals surface area contributed by atoms with Gasteiger partial charge in [-0.1, -0.05) is 19.8 Å². The summed E-state index contributed by atoms with van der Waals surface area (Å²) >= 11 is 0. The predicted molar refractivity (Wildman–Crippen MR) is 85.9 cm³/mol. The van der Waals surface area contributed by atoms with Crippen molar-refractivity contribution >= 4 is 12.2 Å². The van der Waals surface area contributed by atoms with Gasteiger partial charge in [0.2, 0.25) is 12.2 Å². The standard InChI is InChI=1S/C8H12N2O2.C6H12O2.C2H4O/c11-7-9-5-3-1-2-4-6-10-8-12;1-2-6(3-7)4-8-5-6;1-2-3-1/h1-6H2;7H,2-5H2,1H3;1-2H2. The molecular weight excluding hydrogens is 300 g/mol. The molecule has 2 aliphatic rings. The molecular formula is C16H28N2O5. The summed E-state index contributed by atoms with van der Waals surface area (Å²) in [4.78, 5) is 26.1. The van der Waals surface area contributed by atoms with Crippen molar-refractivity contribution in [2.24, 2.45) is 15.4 Å². The number of isocyanates is 2. The SMILES string of the molecule is C1CO1.CCC1(CO)COC1.O=C=NCCCCCCN=C=O. The van der Waals surface area contributed by atoms with Crippen LogP contribution in [0, 0.1) is 5.41 Å². The van der Waals surface area contributed by atoms with Crippen molar-refractivity contribution in [1.82, 2.24) is 0 Å². The molecule has 2 heterocycles. The summed E-state index contributed by atoms with van der Waals surface area (Å²) in [6.07, 6.45) is 7.83. The minimum atomic E-state index is 0.139. The number of unbranched alkanes of at least 4 members (excludes halogenated alkanes) is 3. The van der Waals surface area contributed by atoms with E-state index in [1.165, 1.54) is 12.2 Å². The molecule has 0 aliphatic carbocycles. The summed E-state index contributed by atoms with van der Waals surface area (Å²) in [5.74, 6) is 0. The van der Waals surface area contributed by atoms with E-state index in [9.17, 15) is 9.59 Å². The Balaban J connectivity index is 0.000000370. The lowest BCUT2D eigenvalue weighted by Crippen LogP contribution is -2.44. The molecule has 2 fully saturated rings. The van der Waals surface area contributed by atoms with Gasteiger partial charge in [0.05, 0.1) is 46.1 Å². The summed E-state index contributed by atoms with van der Waals surface area (Å²) in [6.45, 7) is 6.98. The smallest absolute Gasteiger partial charge is 0.234 e. The Kier molecular flexibility index (Phi) is 14.6. The minimum absolute atomic E-state index is 0.139. The maximum absolute atomic E-state index is 9.63. The van der Waals surface area contributed by atoms with Crippen LogP contribution in [0.25, 0.3) is 0 Å². The summed E-state index contributed by atoms with van der Waals surface area (Å²) in [5, 5.41) is 8.76. The molecule has 2 aliphatic heterocycles. The van der Waals surface area contributed by atoms with Gasteiger partial charge < -0.3 is 14.6 Å². The number of hydrogen-bond acceptors (Lipinski definition) is 7. The van der Waals surface area contributed by atoms with Crippen molar-refractivity contribution in [2.75, 3.05) is 46.1 Å². The van der Waals surface area contributed by atoms with Gasteiger partial charge in [-0.05, 0) is 19.3 Å². The van der Waals surface area contributed by atoms with Gasteiger partial charge in [0.15, 0.2) is 0 Å². The number of rotatable bonds is 9. The molecule has 0 saturated carbocycles. The van der Waals surface area contributed by atoms with Crippen LogP contribution in [0.2, 0.25) is 0 Å². The second-order valence-electron chi connectivity index (χ2n) is 5.48. The predicted octanol–water partition coefficient (Wildman–Crippen LogP) is 1.64. The van der Waals surface area contributed by atoms with E-state index in [0.717, 1.165) is 58.5 Å². The number of aliphatic hydroxyl groups is 1. The molecule has 7 heteroatoms. The van der Waals surface area contributed by atoms with Crippen molar-refractivity contribution in [3.63, 3.8) is 0 Å². The van der Waals surface area contributed by atoms with Gasteiger partial charge in [-0.2, -0.15) is 0 Å². The van der Waals surface area contributed by atoms with Crippen LogP contribution in [-0.4, -0.2) is 63.4 Å². The van der Waals surface area contributed by atoms with Crippen LogP contribution < -0.4 is 0 Å². The maximum Gasteiger partial charge on any atom is 0.234 e. The second-order valence-corrected chi connectivity index (χ2v) is 5.48. The fourth-order valence-electron chi connectivity index (χ4n) is 1.62. The second kappa shape index (κ2) is 15.5. The Hall–Kier alpha value is -1.36. The molecule has 0 aromatic heterocycles. The number of carbonyl (C=O) groups excluding carboxylic acids is 2. The monoisotopic (exact) mass is 328 g/mol. The zero-order valence-corrected chi connectivity index (χ0v) is 14.0. The number of aliphatic hydroxyl groups excluding tert-OH is 1. The van der Waals surface area contributed by atoms with E-state index in [-0.39, 0.29) is 12.0 Å². The number of aliphatic imine (C=N–C) groups is 2. The van der Waals surface area contributed by atoms with E-state index >= 15 is 0 Å². The molecule has 0 spiro atoms. The van der Waals surface area contributed by atoms with Crippen molar-refractivity contribution in [3.8, 4) is 0 Å². The summed E-state index contributed by atoms with van der Waals surface area (Å²) < 4.78 is 9.46. The highest BCUT2D eigenvalue weighted by Gasteiger charge is 2.35. The maximum atomic E-state index is 9.63. The van der Waals surface area contributed by atoms with Crippen molar-refractivity contribution in [1.29, 1.82) is 0 Å². The van der Waals surface area contributed by atoms with Gasteiger partial charge in [0.25, 0.3) is 0 Å². The molecule has 0 unspecified atom stereocenters. The Bertz CT molecular complexity index is 332. The molecule has 0 amide bonds. The first-order chi connectivity index (χ1) is 11.2. The van der Waals surface area contributed by atoms with Gasteiger partial charge in [0.1, 0.15) is 0 Å². The lowest BCUT2D eigenvalue weighted by molar-refractivity contribution is -0.138. The third kappa shape index (κ3) is 14.0. The van der Waals surface area contributed by atoms with Crippen molar-refractivity contribution in [2.45, 2.75) is 39.0 Å². The normalized spacial score (nSPS) is 16.1. The molecule has 0 radical (unpaired) electrons. The Labute approximate surface area is 137 Å². The van der Waals surface area contributed by atoms with Gasteiger partial charge >= 0.3 is 0 Å². The summed E-state index contributed by atoms with van der Waals surface area (Å²) in [5.41, 5.74) is 0.139. The molecule has 2 saturated heterocycles. The molecule has 7 nitrogen and oxygen atoms in total. The largest absolute Gasteiger partial charge is 0.396 e. The fraction of sp³-hybridized carbons (Fsp3) is 0.875. The first-order valence-electron chi connectivity index (χ1n) is 8.08. The third-order valence-corrected chi connectivity index (χ3v) is 3.52. The van der Waals surface area contributed by atoms with Crippen LogP contribution in [-0.2, 0) is 19.1 Å². The van der Waals surface area contributed by atoms with Gasteiger partial charge in [0, 0.05) is 5.41 Å². The van der Waals surface area contributed by atoms with E-state index in [0.29, 0.717) is 13.1 Å². The van der Waals surface area contributed by atoms with Crippen molar-refractivity contribution < 1.29 is 24.2 Å². The molecule has 1 N–H and O–H groups in total. The molecule has 2 rings (SSSR count). The third-order valence-electron chi connectivity index (χ3n) is 3.52. The molecule has 0 aromatic carbocycles. The summed E-state index contributed by atoms with van der Waals surface area (Å²) in [7, 11) is 0. The minimum Gasteiger partial charge on any atom is -0.396 e. The highest BCUT2D eigenvalue weighted by atomic mass is 16.6. The fourth-order valence-corrected chi connectivity index (χ4v) is 1.62. The Morgan fingerprint density at radius 3 is 1.61 bits per heavy atom. The van der Waals surface area contributed by atoms with Crippen molar-refractivity contribution in [3.05, 3.63) is 0 Å². The van der Waals surface area contributed by atoms with Crippen LogP contribution in [0.15, 0.2) is 9.98 Å². The number of epoxide rings is 1. The molecule has 0 atom stereocenters. The Morgan fingerprint density at radius 1 is 0.957 bits per heavy atom. The molecule has 0 aromatic rings. The van der Waals surface area contributed by atoms with E-state index < -0.39 is 0 Å². The first kappa shape index (κ1) is 21.6. The van der Waals surface area contributed by atoms with Gasteiger partial charge in [-0.15, -0.1) is 0 Å². The average molecular weight is 328 g/mol. The van der Waals surface area contributed by atoms with Crippen LogP contribution in [0.4, 0.5) is 0 Å². The summed E-state index contributed by atoms with van der Waals surface area (Å²) in [6, 6.07) is 0. The number of nitrogens with zero attached hydrogens (tertiary/aromatic N) is 2. The zero-order chi connectivity index (χ0) is 17.2. The lowest BCUT2D eigenvalue weighted by atomic mass is 9.84. The zero-order valence-electron chi connectivity index (χ0n) is 14.0. The van der Waals surface area contributed by atoms with Crippen LogP contribution in [0.3, 0.4) is 0 Å². The molecule has 23 heavy (non-hydrogen) atoms. The average Bonchev–Trinajstić information content (AvgIpc) is 3.40. The highest BCUT2D eigenvalue weighted by molar-refractivity contribution is 5.32. The lowest BCUT2D eigenvalue weighted by Gasteiger charge is -2.38. The van der Waals surface area contributed by atoms with Crippen LogP contribution in [0.1, 0.15) is 39.0 Å². The first-order valence-corrected chi connectivity index (χ1v) is 8.08. The van der Waals surface area contributed by atoms with Gasteiger partial charge in [-0.3, -0.25) is 0 Å². The molecule has 132 valence electrons. The topological polar surface area (TPSA) is 101 Å². The van der Waals surface area contributed by atoms with E-state index in [1.54, 1.807) is 0 Å². The Morgan fingerprint density at radius 2 is 1.43 bits per heavy atom. The quantitative estimate of drug-likeness (QED) is 0.300. The highest BCUT2D eigenvalue weighted by Crippen LogP contribution is 2.29. The van der Waals surface area contributed by atoms with E-state index in [2.05, 4.69) is 21.6 Å².